The van der Waals surface area contributed by atoms with E-state index in [1.165, 1.54) is 25.2 Å². The van der Waals surface area contributed by atoms with E-state index in [1.807, 2.05) is 37.3 Å². The lowest BCUT2D eigenvalue weighted by molar-refractivity contribution is -0.140. The topological polar surface area (TPSA) is 105 Å². The summed E-state index contributed by atoms with van der Waals surface area (Å²) in [6.45, 7) is 1.82. The van der Waals surface area contributed by atoms with Gasteiger partial charge in [0, 0.05) is 25.6 Å². The van der Waals surface area contributed by atoms with Gasteiger partial charge in [-0.2, -0.15) is 0 Å². The third-order valence-corrected chi connectivity index (χ3v) is 8.64. The molecule has 2 amide bonds. The van der Waals surface area contributed by atoms with Gasteiger partial charge >= 0.3 is 0 Å². The van der Waals surface area contributed by atoms with Gasteiger partial charge in [-0.15, -0.1) is 0 Å². The molecular formula is C31H37Cl2N3O6S. The minimum Gasteiger partial charge on any atom is -0.497 e. The molecular weight excluding hydrogens is 613 g/mol. The molecule has 3 aromatic carbocycles. The summed E-state index contributed by atoms with van der Waals surface area (Å²) in [7, 11) is -1.15. The SMILES string of the molecule is CCCCNC(=O)[C@@H](Cc1ccccc1)N(Cc1ccc(Cl)c(Cl)c1)C(=O)CN(c1cc(OC)ccc1OC)S(C)(=O)=O. The molecule has 1 N–H and O–H groups in total. The number of nitrogens with zero attached hydrogens (tertiary/aromatic N) is 2. The van der Waals surface area contributed by atoms with Crippen LogP contribution in [0, 0.1) is 0 Å². The first kappa shape index (κ1) is 34.0. The zero-order chi connectivity index (χ0) is 31.6. The lowest BCUT2D eigenvalue weighted by Crippen LogP contribution is -2.53. The highest BCUT2D eigenvalue weighted by atomic mass is 35.5. The number of ether oxygens (including phenoxy) is 2. The van der Waals surface area contributed by atoms with Gasteiger partial charge in [0.25, 0.3) is 0 Å². The second-order valence-corrected chi connectivity index (χ2v) is 12.6. The molecule has 3 aromatic rings. The Morgan fingerprint density at radius 1 is 0.930 bits per heavy atom. The Labute approximate surface area is 263 Å². The van der Waals surface area contributed by atoms with E-state index >= 15 is 0 Å². The smallest absolute Gasteiger partial charge is 0.244 e. The molecule has 0 heterocycles. The second-order valence-electron chi connectivity index (χ2n) is 9.93. The van der Waals surface area contributed by atoms with Crippen LogP contribution in [0.25, 0.3) is 0 Å². The van der Waals surface area contributed by atoms with Crippen LogP contribution in [0.1, 0.15) is 30.9 Å². The minimum absolute atomic E-state index is 0.0265. The van der Waals surface area contributed by atoms with Crippen LogP contribution in [0.5, 0.6) is 11.5 Å². The number of anilines is 1. The van der Waals surface area contributed by atoms with Crippen LogP contribution in [0.15, 0.2) is 66.7 Å². The van der Waals surface area contributed by atoms with Gasteiger partial charge in [-0.3, -0.25) is 13.9 Å². The number of sulfonamides is 1. The first-order valence-corrected chi connectivity index (χ1v) is 16.3. The van der Waals surface area contributed by atoms with Gasteiger partial charge in [-0.05, 0) is 41.8 Å². The Bertz CT molecular complexity index is 1500. The predicted molar refractivity (Wildman–Crippen MR) is 171 cm³/mol. The molecule has 0 unspecified atom stereocenters. The summed E-state index contributed by atoms with van der Waals surface area (Å²) in [6, 6.07) is 18.0. The van der Waals surface area contributed by atoms with Crippen LogP contribution in [0.2, 0.25) is 10.0 Å². The summed E-state index contributed by atoms with van der Waals surface area (Å²) in [4.78, 5) is 29.3. The maximum absolute atomic E-state index is 14.3. The van der Waals surface area contributed by atoms with Gasteiger partial charge in [-0.1, -0.05) is 72.9 Å². The number of benzene rings is 3. The molecule has 0 aliphatic rings. The van der Waals surface area contributed by atoms with Crippen LogP contribution in [0.4, 0.5) is 5.69 Å². The van der Waals surface area contributed by atoms with Gasteiger partial charge in [0.1, 0.15) is 24.1 Å². The maximum Gasteiger partial charge on any atom is 0.244 e. The van der Waals surface area contributed by atoms with Crippen molar-refractivity contribution in [1.29, 1.82) is 0 Å². The zero-order valence-corrected chi connectivity index (χ0v) is 27.0. The van der Waals surface area contributed by atoms with E-state index in [0.29, 0.717) is 22.9 Å². The molecule has 9 nitrogen and oxygen atoms in total. The van der Waals surface area contributed by atoms with Gasteiger partial charge in [-0.25, -0.2) is 8.42 Å². The van der Waals surface area contributed by atoms with Crippen LogP contribution < -0.4 is 19.1 Å². The second kappa shape index (κ2) is 15.8. The van der Waals surface area contributed by atoms with Crippen molar-refractivity contribution in [2.24, 2.45) is 0 Å². The Balaban J connectivity index is 2.11. The van der Waals surface area contributed by atoms with Crippen molar-refractivity contribution in [3.8, 4) is 11.5 Å². The molecule has 0 radical (unpaired) electrons. The van der Waals surface area contributed by atoms with Crippen LogP contribution >= 0.6 is 23.2 Å². The monoisotopic (exact) mass is 649 g/mol. The molecule has 0 saturated carbocycles. The fraction of sp³-hybridized carbons (Fsp3) is 0.355. The molecule has 0 aliphatic heterocycles. The average Bonchev–Trinajstić information content (AvgIpc) is 2.99. The summed E-state index contributed by atoms with van der Waals surface area (Å²) in [6.07, 6.45) is 2.85. The van der Waals surface area contributed by atoms with Crippen LogP contribution in [0.3, 0.4) is 0 Å². The largest absolute Gasteiger partial charge is 0.497 e. The highest BCUT2D eigenvalue weighted by Crippen LogP contribution is 2.34. The van der Waals surface area contributed by atoms with Crippen molar-refractivity contribution >= 4 is 50.7 Å². The molecule has 0 fully saturated rings. The van der Waals surface area contributed by atoms with Crippen LogP contribution in [-0.4, -0.2) is 64.7 Å². The molecule has 0 bridgehead atoms. The number of nitrogens with one attached hydrogen (secondary N) is 1. The number of methoxy groups -OCH3 is 2. The third-order valence-electron chi connectivity index (χ3n) is 6.77. The highest BCUT2D eigenvalue weighted by molar-refractivity contribution is 7.92. The van der Waals surface area contributed by atoms with Gasteiger partial charge < -0.3 is 19.7 Å². The number of hydrogen-bond donors (Lipinski definition) is 1. The summed E-state index contributed by atoms with van der Waals surface area (Å²) in [5.41, 5.74) is 1.57. The van der Waals surface area contributed by atoms with E-state index in [2.05, 4.69) is 5.32 Å². The van der Waals surface area contributed by atoms with Crippen molar-refractivity contribution in [2.75, 3.05) is 37.9 Å². The van der Waals surface area contributed by atoms with Crippen LogP contribution in [-0.2, 0) is 32.6 Å². The minimum atomic E-state index is -4.00. The number of carbonyl (C=O) groups is 2. The molecule has 12 heteroatoms. The lowest BCUT2D eigenvalue weighted by atomic mass is 10.0. The number of hydrogen-bond acceptors (Lipinski definition) is 6. The normalized spacial score (nSPS) is 11.9. The van der Waals surface area contributed by atoms with Gasteiger partial charge in [0.2, 0.25) is 21.8 Å². The number of halogens is 2. The molecule has 3 rings (SSSR count). The van der Waals surface area contributed by atoms with E-state index in [1.54, 1.807) is 30.3 Å². The summed E-state index contributed by atoms with van der Waals surface area (Å²) >= 11 is 12.4. The lowest BCUT2D eigenvalue weighted by Gasteiger charge is -2.34. The molecule has 0 saturated heterocycles. The molecule has 43 heavy (non-hydrogen) atoms. The predicted octanol–water partition coefficient (Wildman–Crippen LogP) is 5.33. The number of carbonyl (C=O) groups excluding carboxylic acids is 2. The Kier molecular flexibility index (Phi) is 12.5. The molecule has 0 aromatic heterocycles. The van der Waals surface area contributed by atoms with Crippen molar-refractivity contribution in [3.63, 3.8) is 0 Å². The van der Waals surface area contributed by atoms with E-state index < -0.39 is 28.5 Å². The summed E-state index contributed by atoms with van der Waals surface area (Å²) < 4.78 is 37.9. The third kappa shape index (κ3) is 9.51. The Morgan fingerprint density at radius 3 is 2.26 bits per heavy atom. The summed E-state index contributed by atoms with van der Waals surface area (Å²) in [5, 5.41) is 3.58. The number of rotatable bonds is 15. The van der Waals surface area contributed by atoms with Crippen molar-refractivity contribution in [3.05, 3.63) is 87.9 Å². The van der Waals surface area contributed by atoms with Crippen molar-refractivity contribution in [2.45, 2.75) is 38.8 Å². The van der Waals surface area contributed by atoms with Crippen molar-refractivity contribution < 1.29 is 27.5 Å². The molecule has 0 spiro atoms. The fourth-order valence-corrected chi connectivity index (χ4v) is 5.65. The summed E-state index contributed by atoms with van der Waals surface area (Å²) in [5.74, 6) is -0.349. The first-order chi connectivity index (χ1) is 20.5. The van der Waals surface area contributed by atoms with E-state index in [9.17, 15) is 18.0 Å². The average molecular weight is 651 g/mol. The molecule has 232 valence electrons. The quantitative estimate of drug-likeness (QED) is 0.223. The van der Waals surface area contributed by atoms with Crippen molar-refractivity contribution in [1.82, 2.24) is 10.2 Å². The fourth-order valence-electron chi connectivity index (χ4n) is 4.48. The van der Waals surface area contributed by atoms with Gasteiger partial charge in [0.15, 0.2) is 0 Å². The zero-order valence-electron chi connectivity index (χ0n) is 24.7. The standard InChI is InChI=1S/C31H37Cl2N3O6S/c1-5-6-16-34-31(38)28(18-22-10-8-7-9-11-22)35(20-23-12-14-25(32)26(33)17-23)30(37)21-36(43(4,39)40)27-19-24(41-2)13-15-29(27)42-3/h7-15,17,19,28H,5-6,16,18,20-21H2,1-4H3,(H,34,38)/t28-/m1/s1. The van der Waals surface area contributed by atoms with Gasteiger partial charge in [0.05, 0.1) is 36.2 Å². The molecule has 1 atom stereocenters. The highest BCUT2D eigenvalue weighted by Gasteiger charge is 2.34. The number of amides is 2. The Morgan fingerprint density at radius 2 is 1.65 bits per heavy atom. The van der Waals surface area contributed by atoms with E-state index in [-0.39, 0.29) is 35.3 Å². The molecule has 0 aliphatic carbocycles. The van der Waals surface area contributed by atoms with E-state index in [0.717, 1.165) is 29.0 Å². The Hall–Kier alpha value is -3.47. The maximum atomic E-state index is 14.3. The first-order valence-electron chi connectivity index (χ1n) is 13.7. The van der Waals surface area contributed by atoms with E-state index in [4.69, 9.17) is 32.7 Å². The number of unbranched alkanes of at least 4 members (excludes halogenated alkanes) is 1.